The summed E-state index contributed by atoms with van der Waals surface area (Å²) >= 11 is 7.13. The number of rotatable bonds is 8. The Kier molecular flexibility index (Phi) is 7.49. The molecule has 5 nitrogen and oxygen atoms in total. The summed E-state index contributed by atoms with van der Waals surface area (Å²) in [5, 5.41) is 5.65. The highest BCUT2D eigenvalue weighted by Crippen LogP contribution is 2.36. The minimum atomic E-state index is -0.470. The number of halogens is 1. The van der Waals surface area contributed by atoms with Crippen LogP contribution in [0.4, 0.5) is 5.00 Å². The molecule has 0 spiro atoms. The van der Waals surface area contributed by atoms with Crippen molar-refractivity contribution in [3.05, 3.63) is 70.1 Å². The molecule has 1 aromatic heterocycles. The number of thiophene rings is 1. The second-order valence-electron chi connectivity index (χ2n) is 6.42. The number of anilines is 1. The van der Waals surface area contributed by atoms with E-state index in [4.69, 9.17) is 21.1 Å². The van der Waals surface area contributed by atoms with Crippen molar-refractivity contribution in [3.63, 3.8) is 0 Å². The number of aryl methyl sites for hydroxylation is 1. The Bertz CT molecular complexity index is 1010. The average Bonchev–Trinajstić information content (AvgIpc) is 3.17. The third-order valence-electron chi connectivity index (χ3n) is 4.38. The molecule has 30 heavy (non-hydrogen) atoms. The van der Waals surface area contributed by atoms with Crippen molar-refractivity contribution in [2.45, 2.75) is 20.3 Å². The normalized spacial score (nSPS) is 10.5. The second kappa shape index (κ2) is 10.3. The van der Waals surface area contributed by atoms with Crippen LogP contribution in [0.25, 0.3) is 11.1 Å². The van der Waals surface area contributed by atoms with Crippen molar-refractivity contribution >= 4 is 39.8 Å². The van der Waals surface area contributed by atoms with Gasteiger partial charge in [-0.1, -0.05) is 42.8 Å². The highest BCUT2D eigenvalue weighted by atomic mass is 35.5. The highest BCUT2D eigenvalue weighted by Gasteiger charge is 2.23. The maximum absolute atomic E-state index is 12.6. The summed E-state index contributed by atoms with van der Waals surface area (Å²) in [7, 11) is 0. The first kappa shape index (κ1) is 21.9. The van der Waals surface area contributed by atoms with Crippen LogP contribution in [0.3, 0.4) is 0 Å². The molecular formula is C23H22ClNO4S. The lowest BCUT2D eigenvalue weighted by Gasteiger charge is -2.10. The van der Waals surface area contributed by atoms with Gasteiger partial charge in [0.25, 0.3) is 5.91 Å². The summed E-state index contributed by atoms with van der Waals surface area (Å²) in [5.74, 6) is -0.310. The van der Waals surface area contributed by atoms with Gasteiger partial charge in [0.15, 0.2) is 6.61 Å². The van der Waals surface area contributed by atoms with Crippen LogP contribution >= 0.6 is 22.9 Å². The van der Waals surface area contributed by atoms with Crippen LogP contribution in [-0.2, 0) is 16.0 Å². The number of carbonyl (C=O) groups excluding carboxylic acids is 2. The molecule has 0 bridgehead atoms. The molecular weight excluding hydrogens is 422 g/mol. The molecule has 0 aliphatic carbocycles. The number of amides is 1. The second-order valence-corrected chi connectivity index (χ2v) is 7.73. The van der Waals surface area contributed by atoms with Gasteiger partial charge in [-0.3, -0.25) is 4.79 Å². The van der Waals surface area contributed by atoms with E-state index in [9.17, 15) is 9.59 Å². The van der Waals surface area contributed by atoms with Gasteiger partial charge in [-0.05, 0) is 48.7 Å². The molecule has 0 saturated carbocycles. The van der Waals surface area contributed by atoms with E-state index < -0.39 is 5.97 Å². The Labute approximate surface area is 184 Å². The Morgan fingerprint density at radius 2 is 1.73 bits per heavy atom. The molecule has 0 aliphatic heterocycles. The van der Waals surface area contributed by atoms with E-state index in [1.165, 1.54) is 16.9 Å². The Morgan fingerprint density at radius 3 is 2.37 bits per heavy atom. The third kappa shape index (κ3) is 5.40. The number of benzene rings is 2. The molecule has 156 valence electrons. The molecule has 1 heterocycles. The van der Waals surface area contributed by atoms with Crippen LogP contribution in [0, 0.1) is 0 Å². The maximum Gasteiger partial charge on any atom is 0.341 e. The van der Waals surface area contributed by atoms with Crippen LogP contribution < -0.4 is 10.1 Å². The van der Waals surface area contributed by atoms with E-state index in [0.717, 1.165) is 17.5 Å². The van der Waals surface area contributed by atoms with Crippen LogP contribution in [0.1, 0.15) is 29.8 Å². The Morgan fingerprint density at radius 1 is 1.03 bits per heavy atom. The molecule has 3 rings (SSSR count). The summed E-state index contributed by atoms with van der Waals surface area (Å²) in [6, 6.07) is 14.7. The van der Waals surface area contributed by atoms with Gasteiger partial charge in [-0.15, -0.1) is 11.3 Å². The molecule has 1 amide bonds. The maximum atomic E-state index is 12.6. The van der Waals surface area contributed by atoms with Crippen molar-refractivity contribution in [2.75, 3.05) is 18.5 Å². The molecule has 1 N–H and O–H groups in total. The average molecular weight is 444 g/mol. The highest BCUT2D eigenvalue weighted by molar-refractivity contribution is 7.15. The fourth-order valence-electron chi connectivity index (χ4n) is 2.83. The number of hydrogen-bond donors (Lipinski definition) is 1. The lowest BCUT2D eigenvalue weighted by molar-refractivity contribution is -0.118. The van der Waals surface area contributed by atoms with Gasteiger partial charge >= 0.3 is 5.97 Å². The largest absolute Gasteiger partial charge is 0.484 e. The first-order chi connectivity index (χ1) is 14.5. The molecule has 0 saturated heterocycles. The number of ether oxygens (including phenoxy) is 2. The third-order valence-corrected chi connectivity index (χ3v) is 5.53. The summed E-state index contributed by atoms with van der Waals surface area (Å²) in [6.45, 7) is 3.89. The lowest BCUT2D eigenvalue weighted by Crippen LogP contribution is -2.21. The van der Waals surface area contributed by atoms with Crippen LogP contribution in [-0.4, -0.2) is 25.1 Å². The monoisotopic (exact) mass is 443 g/mol. The molecule has 0 fully saturated rings. The smallest absolute Gasteiger partial charge is 0.341 e. The topological polar surface area (TPSA) is 64.6 Å². The van der Waals surface area contributed by atoms with Crippen LogP contribution in [0.5, 0.6) is 5.75 Å². The van der Waals surface area contributed by atoms with Gasteiger partial charge < -0.3 is 14.8 Å². The number of esters is 1. The van der Waals surface area contributed by atoms with Crippen molar-refractivity contribution < 1.29 is 19.1 Å². The van der Waals surface area contributed by atoms with Crippen molar-refractivity contribution in [2.24, 2.45) is 0 Å². The molecule has 0 radical (unpaired) electrons. The summed E-state index contributed by atoms with van der Waals surface area (Å²) in [5.41, 5.74) is 3.19. The minimum absolute atomic E-state index is 0.192. The zero-order chi connectivity index (χ0) is 21.5. The first-order valence-corrected chi connectivity index (χ1v) is 10.8. The molecule has 0 unspecified atom stereocenters. The van der Waals surface area contributed by atoms with Gasteiger partial charge in [-0.25, -0.2) is 4.79 Å². The van der Waals surface area contributed by atoms with E-state index in [2.05, 4.69) is 12.2 Å². The Hall–Kier alpha value is -2.83. The van der Waals surface area contributed by atoms with Crippen LogP contribution in [0.15, 0.2) is 53.9 Å². The van der Waals surface area contributed by atoms with Gasteiger partial charge in [-0.2, -0.15) is 0 Å². The predicted octanol–water partition coefficient (Wildman–Crippen LogP) is 5.83. The fourth-order valence-corrected chi connectivity index (χ4v) is 3.93. The van der Waals surface area contributed by atoms with Crippen LogP contribution in [0.2, 0.25) is 5.02 Å². The van der Waals surface area contributed by atoms with E-state index in [-0.39, 0.29) is 19.1 Å². The van der Waals surface area contributed by atoms with Gasteiger partial charge in [0, 0.05) is 16.0 Å². The summed E-state index contributed by atoms with van der Waals surface area (Å²) in [6.07, 6.45) is 0.934. The summed E-state index contributed by atoms with van der Waals surface area (Å²) in [4.78, 5) is 25.0. The summed E-state index contributed by atoms with van der Waals surface area (Å²) < 4.78 is 10.7. The quantitative estimate of drug-likeness (QED) is 0.445. The molecule has 0 aliphatic rings. The van der Waals surface area contributed by atoms with E-state index in [1.54, 1.807) is 31.2 Å². The number of nitrogens with one attached hydrogen (secondary N) is 1. The van der Waals surface area contributed by atoms with Gasteiger partial charge in [0.2, 0.25) is 0 Å². The van der Waals surface area contributed by atoms with E-state index >= 15 is 0 Å². The molecule has 3 aromatic rings. The van der Waals surface area contributed by atoms with Gasteiger partial charge in [0.1, 0.15) is 16.3 Å². The number of carbonyl (C=O) groups is 2. The fraction of sp³-hybridized carbons (Fsp3) is 0.217. The predicted molar refractivity (Wildman–Crippen MR) is 121 cm³/mol. The number of hydrogen-bond acceptors (Lipinski definition) is 5. The Balaban J connectivity index is 1.79. The molecule has 2 aromatic carbocycles. The molecule has 0 atom stereocenters. The lowest BCUT2D eigenvalue weighted by atomic mass is 10.0. The standard InChI is InChI=1S/C23H22ClNO4S/c1-3-15-5-7-16(8-6-15)19-14-30-22(21(19)23(27)28-4-2)25-20(26)13-29-18-11-9-17(24)10-12-18/h5-12,14H,3-4,13H2,1-2H3,(H,25,26). The SMILES string of the molecule is CCOC(=O)c1c(-c2ccc(CC)cc2)csc1NC(=O)COc1ccc(Cl)cc1. The zero-order valence-corrected chi connectivity index (χ0v) is 18.3. The molecule has 7 heteroatoms. The van der Waals surface area contributed by atoms with Crippen molar-refractivity contribution in [1.82, 2.24) is 0 Å². The van der Waals surface area contributed by atoms with Gasteiger partial charge in [0.05, 0.1) is 6.61 Å². The van der Waals surface area contributed by atoms with Crippen molar-refractivity contribution in [3.8, 4) is 16.9 Å². The minimum Gasteiger partial charge on any atom is -0.484 e. The first-order valence-electron chi connectivity index (χ1n) is 9.58. The zero-order valence-electron chi connectivity index (χ0n) is 16.7. The van der Waals surface area contributed by atoms with E-state index in [0.29, 0.717) is 21.3 Å². The van der Waals surface area contributed by atoms with E-state index in [1.807, 2.05) is 29.6 Å². The van der Waals surface area contributed by atoms with Crippen molar-refractivity contribution in [1.29, 1.82) is 0 Å².